The number of para-hydroxylation sites is 2. The Hall–Kier alpha value is -4.51. The molecule has 0 radical (unpaired) electrons. The molecule has 0 heterocycles. The van der Waals surface area contributed by atoms with E-state index < -0.39 is 6.09 Å². The van der Waals surface area contributed by atoms with Crippen LogP contribution in [0.25, 0.3) is 0 Å². The summed E-state index contributed by atoms with van der Waals surface area (Å²) in [7, 11) is 0. The quantitative estimate of drug-likeness (QED) is 0.371. The maximum atomic E-state index is 13.3. The molecule has 0 saturated heterocycles. The van der Waals surface area contributed by atoms with Crippen LogP contribution in [0.4, 0.5) is 16.2 Å². The van der Waals surface area contributed by atoms with Crippen molar-refractivity contribution in [3.8, 4) is 5.75 Å². The van der Waals surface area contributed by atoms with Crippen LogP contribution in [0.3, 0.4) is 0 Å². The Kier molecular flexibility index (Phi) is 4.84. The molecular formula is C27H17NO4. The molecule has 0 bridgehead atoms. The van der Waals surface area contributed by atoms with E-state index in [0.29, 0.717) is 22.5 Å². The van der Waals surface area contributed by atoms with Crippen LogP contribution in [0.1, 0.15) is 31.8 Å². The highest BCUT2D eigenvalue weighted by Gasteiger charge is 2.33. The predicted molar refractivity (Wildman–Crippen MR) is 121 cm³/mol. The molecule has 0 aliphatic heterocycles. The van der Waals surface area contributed by atoms with Crippen molar-refractivity contribution in [2.24, 2.45) is 0 Å². The molecule has 32 heavy (non-hydrogen) atoms. The summed E-state index contributed by atoms with van der Waals surface area (Å²) in [6.07, 6.45) is -0.685. The van der Waals surface area contributed by atoms with Gasteiger partial charge in [-0.05, 0) is 30.3 Å². The molecule has 1 aliphatic rings. The topological polar surface area (TPSA) is 63.7 Å². The number of nitrogens with zero attached hydrogens (tertiary/aromatic N) is 1. The van der Waals surface area contributed by atoms with Crippen LogP contribution in [0.2, 0.25) is 0 Å². The summed E-state index contributed by atoms with van der Waals surface area (Å²) in [6, 6.07) is 29.5. The Morgan fingerprint density at radius 3 is 1.66 bits per heavy atom. The van der Waals surface area contributed by atoms with E-state index in [1.165, 1.54) is 11.0 Å². The van der Waals surface area contributed by atoms with Gasteiger partial charge >= 0.3 is 6.09 Å². The van der Waals surface area contributed by atoms with Gasteiger partial charge in [-0.2, -0.15) is 0 Å². The monoisotopic (exact) mass is 419 g/mol. The minimum absolute atomic E-state index is 0.0530. The summed E-state index contributed by atoms with van der Waals surface area (Å²) >= 11 is 0. The maximum absolute atomic E-state index is 13.3. The van der Waals surface area contributed by atoms with Gasteiger partial charge in [0.15, 0.2) is 11.6 Å². The van der Waals surface area contributed by atoms with Crippen LogP contribution in [0, 0.1) is 0 Å². The summed E-state index contributed by atoms with van der Waals surface area (Å²) in [5.74, 6) is -0.558. The van der Waals surface area contributed by atoms with Crippen molar-refractivity contribution in [1.82, 2.24) is 0 Å². The third-order valence-corrected chi connectivity index (χ3v) is 5.32. The Morgan fingerprint density at radius 1 is 0.562 bits per heavy atom. The lowest BCUT2D eigenvalue weighted by Crippen LogP contribution is -2.30. The summed E-state index contributed by atoms with van der Waals surface area (Å²) in [6.45, 7) is 0. The molecule has 1 amide bonds. The zero-order valence-corrected chi connectivity index (χ0v) is 16.9. The van der Waals surface area contributed by atoms with Gasteiger partial charge in [-0.3, -0.25) is 9.59 Å². The lowest BCUT2D eigenvalue weighted by Gasteiger charge is -2.24. The Morgan fingerprint density at radius 2 is 1.06 bits per heavy atom. The number of amides is 1. The summed E-state index contributed by atoms with van der Waals surface area (Å²) < 4.78 is 5.73. The molecule has 0 fully saturated rings. The van der Waals surface area contributed by atoms with Crippen molar-refractivity contribution in [3.05, 3.63) is 125 Å². The van der Waals surface area contributed by atoms with E-state index in [4.69, 9.17) is 4.74 Å². The van der Waals surface area contributed by atoms with E-state index in [0.717, 1.165) is 0 Å². The zero-order valence-electron chi connectivity index (χ0n) is 16.9. The van der Waals surface area contributed by atoms with Crippen molar-refractivity contribution in [3.63, 3.8) is 0 Å². The average Bonchev–Trinajstić information content (AvgIpc) is 2.84. The molecule has 0 aromatic heterocycles. The molecule has 0 spiro atoms. The highest BCUT2D eigenvalue weighted by Crippen LogP contribution is 2.34. The number of carbonyl (C=O) groups is 3. The number of ether oxygens (including phenoxy) is 1. The van der Waals surface area contributed by atoms with Crippen molar-refractivity contribution in [2.75, 3.05) is 4.90 Å². The summed E-state index contributed by atoms with van der Waals surface area (Å²) in [4.78, 5) is 40.9. The molecule has 4 aromatic rings. The molecule has 0 saturated carbocycles. The standard InChI is InChI=1S/C27H17NO4/c29-25-20-14-7-8-15-21(20)26(30)24-22(25)16-9-17-23(24)32-27(31)28(18-10-3-1-4-11-18)19-12-5-2-6-13-19/h1-17H. The van der Waals surface area contributed by atoms with Gasteiger partial charge in [-0.15, -0.1) is 0 Å². The van der Waals surface area contributed by atoms with E-state index in [-0.39, 0.29) is 28.4 Å². The van der Waals surface area contributed by atoms with Crippen LogP contribution in [0.5, 0.6) is 5.75 Å². The van der Waals surface area contributed by atoms with Gasteiger partial charge in [0.2, 0.25) is 0 Å². The minimum Gasteiger partial charge on any atom is -0.409 e. The molecule has 0 N–H and O–H groups in total. The number of anilines is 2. The van der Waals surface area contributed by atoms with E-state index in [1.807, 2.05) is 36.4 Å². The third-order valence-electron chi connectivity index (χ3n) is 5.32. The van der Waals surface area contributed by atoms with E-state index in [1.54, 1.807) is 60.7 Å². The molecule has 0 atom stereocenters. The molecule has 4 aromatic carbocycles. The fourth-order valence-electron chi connectivity index (χ4n) is 3.85. The van der Waals surface area contributed by atoms with Gasteiger partial charge in [0.25, 0.3) is 0 Å². The summed E-state index contributed by atoms with van der Waals surface area (Å²) in [5, 5.41) is 0. The smallest absolute Gasteiger partial charge is 0.409 e. The predicted octanol–water partition coefficient (Wildman–Crippen LogP) is 5.80. The SMILES string of the molecule is O=C1c2ccccc2C(=O)c2c(OC(=O)N(c3ccccc3)c3ccccc3)cccc21. The second kappa shape index (κ2) is 7.96. The first kappa shape index (κ1) is 19.5. The highest BCUT2D eigenvalue weighted by atomic mass is 16.6. The van der Waals surface area contributed by atoms with Crippen molar-refractivity contribution in [2.45, 2.75) is 0 Å². The maximum Gasteiger partial charge on any atom is 0.424 e. The van der Waals surface area contributed by atoms with Crippen molar-refractivity contribution in [1.29, 1.82) is 0 Å². The average molecular weight is 419 g/mol. The van der Waals surface area contributed by atoms with Crippen LogP contribution in [-0.2, 0) is 0 Å². The second-order valence-corrected chi connectivity index (χ2v) is 7.26. The molecule has 154 valence electrons. The Labute approximate surface area is 184 Å². The number of hydrogen-bond acceptors (Lipinski definition) is 4. The van der Waals surface area contributed by atoms with Crippen LogP contribution >= 0.6 is 0 Å². The number of hydrogen-bond donors (Lipinski definition) is 0. The number of rotatable bonds is 3. The zero-order chi connectivity index (χ0) is 22.1. The van der Waals surface area contributed by atoms with Gasteiger partial charge in [0.1, 0.15) is 5.75 Å². The van der Waals surface area contributed by atoms with E-state index in [9.17, 15) is 14.4 Å². The Balaban J connectivity index is 1.56. The molecule has 1 aliphatic carbocycles. The van der Waals surface area contributed by atoms with Gasteiger partial charge in [0.05, 0.1) is 16.9 Å². The first-order valence-corrected chi connectivity index (χ1v) is 10.1. The van der Waals surface area contributed by atoms with Crippen LogP contribution < -0.4 is 9.64 Å². The molecule has 0 unspecified atom stereocenters. The normalized spacial score (nSPS) is 12.0. The lowest BCUT2D eigenvalue weighted by atomic mass is 9.84. The highest BCUT2D eigenvalue weighted by molar-refractivity contribution is 6.29. The number of ketones is 2. The van der Waals surface area contributed by atoms with Crippen molar-refractivity contribution < 1.29 is 19.1 Å². The Bertz CT molecular complexity index is 1310. The fourth-order valence-corrected chi connectivity index (χ4v) is 3.85. The van der Waals surface area contributed by atoms with Gasteiger partial charge in [-0.1, -0.05) is 72.8 Å². The lowest BCUT2D eigenvalue weighted by molar-refractivity contribution is 0.0976. The van der Waals surface area contributed by atoms with Gasteiger partial charge in [0, 0.05) is 16.7 Å². The largest absolute Gasteiger partial charge is 0.424 e. The number of carbonyl (C=O) groups excluding carboxylic acids is 3. The first-order valence-electron chi connectivity index (χ1n) is 10.1. The number of fused-ring (bicyclic) bond motifs is 2. The second-order valence-electron chi connectivity index (χ2n) is 7.26. The van der Waals surface area contributed by atoms with E-state index >= 15 is 0 Å². The van der Waals surface area contributed by atoms with Crippen molar-refractivity contribution >= 4 is 29.0 Å². The molecule has 5 heteroatoms. The third kappa shape index (κ3) is 3.26. The molecular weight excluding hydrogens is 402 g/mol. The molecule has 5 rings (SSSR count). The van der Waals surface area contributed by atoms with Gasteiger partial charge in [-0.25, -0.2) is 9.69 Å². The van der Waals surface area contributed by atoms with Crippen LogP contribution in [-0.4, -0.2) is 17.7 Å². The number of benzene rings is 4. The van der Waals surface area contributed by atoms with E-state index in [2.05, 4.69) is 0 Å². The first-order chi connectivity index (χ1) is 15.6. The fraction of sp³-hybridized carbons (Fsp3) is 0. The van der Waals surface area contributed by atoms with Gasteiger partial charge < -0.3 is 4.74 Å². The molecule has 5 nitrogen and oxygen atoms in total. The minimum atomic E-state index is -0.685. The summed E-state index contributed by atoms with van der Waals surface area (Å²) in [5.41, 5.74) is 2.21. The van der Waals surface area contributed by atoms with Crippen LogP contribution in [0.15, 0.2) is 103 Å².